The van der Waals surface area contributed by atoms with E-state index in [2.05, 4.69) is 4.74 Å². The van der Waals surface area contributed by atoms with Gasteiger partial charge in [-0.05, 0) is 20.3 Å². The molecule has 0 saturated carbocycles. The van der Waals surface area contributed by atoms with E-state index in [-0.39, 0.29) is 12.2 Å². The zero-order valence-corrected chi connectivity index (χ0v) is 8.79. The lowest BCUT2D eigenvalue weighted by molar-refractivity contribution is -0.145. The highest BCUT2D eigenvalue weighted by Gasteiger charge is 2.20. The minimum absolute atomic E-state index is 0.202. The minimum Gasteiger partial charge on any atom is -0.468 e. The van der Waals surface area contributed by atoms with E-state index in [1.165, 1.54) is 7.11 Å². The Kier molecular flexibility index (Phi) is 4.95. The van der Waals surface area contributed by atoms with Crippen LogP contribution >= 0.6 is 0 Å². The number of carbonyl (C=O) groups excluding carboxylic acids is 1. The summed E-state index contributed by atoms with van der Waals surface area (Å²) in [5.74, 6) is -0.438. The van der Waals surface area contributed by atoms with Gasteiger partial charge in [-0.3, -0.25) is 4.79 Å². The van der Waals surface area contributed by atoms with Crippen LogP contribution in [0, 0.1) is 0 Å². The fourth-order valence-corrected chi connectivity index (χ4v) is 0.637. The second kappa shape index (κ2) is 5.19. The van der Waals surface area contributed by atoms with Gasteiger partial charge in [0.2, 0.25) is 0 Å². The lowest BCUT2D eigenvalue weighted by atomic mass is 10.1. The average Bonchev–Trinajstić information content (AvgIpc) is 2.13. The summed E-state index contributed by atoms with van der Waals surface area (Å²) >= 11 is 0. The van der Waals surface area contributed by atoms with Crippen LogP contribution in [0.2, 0.25) is 0 Å². The van der Waals surface area contributed by atoms with Crippen molar-refractivity contribution in [2.45, 2.75) is 38.8 Å². The van der Waals surface area contributed by atoms with E-state index in [1.807, 2.05) is 20.8 Å². The largest absolute Gasteiger partial charge is 0.468 e. The number of carbonyl (C=O) groups is 1. The molecule has 0 aromatic rings. The Bertz CT molecular complexity index is 168. The molecule has 0 fully saturated rings. The normalized spacial score (nSPS) is 13.9. The molecule has 0 spiro atoms. The van der Waals surface area contributed by atoms with Crippen LogP contribution in [-0.2, 0) is 14.3 Å². The van der Waals surface area contributed by atoms with E-state index in [0.29, 0.717) is 0 Å². The van der Waals surface area contributed by atoms with E-state index in [0.717, 1.165) is 6.42 Å². The molecule has 0 amide bonds. The first kappa shape index (κ1) is 12.4. The van der Waals surface area contributed by atoms with Crippen molar-refractivity contribution in [3.8, 4) is 0 Å². The lowest BCUT2D eigenvalue weighted by Gasteiger charge is -2.24. The third-order valence-electron chi connectivity index (χ3n) is 2.01. The second-order valence-corrected chi connectivity index (χ2v) is 3.55. The predicted octanol–water partition coefficient (Wildman–Crippen LogP) is 0.692. The van der Waals surface area contributed by atoms with Crippen LogP contribution in [0.5, 0.6) is 0 Å². The first-order chi connectivity index (χ1) is 5.93. The van der Waals surface area contributed by atoms with Crippen LogP contribution in [-0.4, -0.2) is 31.3 Å². The molecule has 1 atom stereocenters. The Hall–Kier alpha value is -0.610. The van der Waals surface area contributed by atoms with Crippen LogP contribution in [0.15, 0.2) is 0 Å². The number of rotatable bonds is 5. The van der Waals surface area contributed by atoms with Gasteiger partial charge in [-0.25, -0.2) is 0 Å². The molecular weight excluding hydrogens is 170 g/mol. The van der Waals surface area contributed by atoms with Crippen LogP contribution in [0.1, 0.15) is 27.2 Å². The molecular formula is C9H19NO3. The summed E-state index contributed by atoms with van der Waals surface area (Å²) in [6.45, 7) is 6.13. The van der Waals surface area contributed by atoms with Crippen LogP contribution in [0.3, 0.4) is 0 Å². The molecule has 78 valence electrons. The van der Waals surface area contributed by atoms with Gasteiger partial charge in [0.05, 0.1) is 19.3 Å². The van der Waals surface area contributed by atoms with Gasteiger partial charge in [0, 0.05) is 0 Å². The predicted molar refractivity (Wildman–Crippen MR) is 50.3 cm³/mol. The van der Waals surface area contributed by atoms with E-state index >= 15 is 0 Å². The Morgan fingerprint density at radius 2 is 2.08 bits per heavy atom. The van der Waals surface area contributed by atoms with Gasteiger partial charge >= 0.3 is 5.97 Å². The molecule has 13 heavy (non-hydrogen) atoms. The molecule has 0 aliphatic rings. The second-order valence-electron chi connectivity index (χ2n) is 3.55. The van der Waals surface area contributed by atoms with E-state index in [4.69, 9.17) is 10.5 Å². The summed E-state index contributed by atoms with van der Waals surface area (Å²) in [6.07, 6.45) is 0.876. The van der Waals surface area contributed by atoms with E-state index in [9.17, 15) is 4.79 Å². The molecule has 0 rings (SSSR count). The molecule has 4 heteroatoms. The smallest absolute Gasteiger partial charge is 0.325 e. The molecule has 0 heterocycles. The van der Waals surface area contributed by atoms with E-state index in [1.54, 1.807) is 0 Å². The van der Waals surface area contributed by atoms with Gasteiger partial charge in [-0.2, -0.15) is 0 Å². The minimum atomic E-state index is -0.684. The molecule has 0 aromatic carbocycles. The number of esters is 1. The molecule has 0 bridgehead atoms. The van der Waals surface area contributed by atoms with Gasteiger partial charge in [0.1, 0.15) is 6.04 Å². The molecule has 0 aliphatic heterocycles. The quantitative estimate of drug-likeness (QED) is 0.646. The summed E-state index contributed by atoms with van der Waals surface area (Å²) in [6, 6.07) is -0.684. The maximum Gasteiger partial charge on any atom is 0.325 e. The SMILES string of the molecule is CCC(C)(C)OCC(N)C(=O)OC. The summed E-state index contributed by atoms with van der Waals surface area (Å²) < 4.78 is 9.90. The number of ether oxygens (including phenoxy) is 2. The highest BCUT2D eigenvalue weighted by atomic mass is 16.5. The van der Waals surface area contributed by atoms with Crippen molar-refractivity contribution in [3.63, 3.8) is 0 Å². The number of hydrogen-bond donors (Lipinski definition) is 1. The maximum atomic E-state index is 10.9. The first-order valence-electron chi connectivity index (χ1n) is 4.40. The molecule has 2 N–H and O–H groups in total. The zero-order chi connectivity index (χ0) is 10.5. The monoisotopic (exact) mass is 189 g/mol. The van der Waals surface area contributed by atoms with Crippen molar-refractivity contribution in [2.24, 2.45) is 5.73 Å². The molecule has 0 saturated heterocycles. The Morgan fingerprint density at radius 3 is 2.46 bits per heavy atom. The summed E-state index contributed by atoms with van der Waals surface area (Å²) in [5.41, 5.74) is 5.26. The first-order valence-corrected chi connectivity index (χ1v) is 4.40. The van der Waals surface area contributed by atoms with Crippen molar-refractivity contribution in [3.05, 3.63) is 0 Å². The van der Waals surface area contributed by atoms with Gasteiger partial charge in [0.15, 0.2) is 0 Å². The van der Waals surface area contributed by atoms with Crippen LogP contribution < -0.4 is 5.73 Å². The Morgan fingerprint density at radius 1 is 1.54 bits per heavy atom. The maximum absolute atomic E-state index is 10.9. The topological polar surface area (TPSA) is 61.5 Å². The zero-order valence-electron chi connectivity index (χ0n) is 8.79. The highest BCUT2D eigenvalue weighted by Crippen LogP contribution is 2.13. The molecule has 0 radical (unpaired) electrons. The average molecular weight is 189 g/mol. The van der Waals surface area contributed by atoms with Gasteiger partial charge in [0.25, 0.3) is 0 Å². The van der Waals surface area contributed by atoms with Crippen molar-refractivity contribution >= 4 is 5.97 Å². The van der Waals surface area contributed by atoms with Crippen molar-refractivity contribution in [2.75, 3.05) is 13.7 Å². The number of hydrogen-bond acceptors (Lipinski definition) is 4. The lowest BCUT2D eigenvalue weighted by Crippen LogP contribution is -2.39. The van der Waals surface area contributed by atoms with Crippen LogP contribution in [0.4, 0.5) is 0 Å². The molecule has 4 nitrogen and oxygen atoms in total. The standard InChI is InChI=1S/C9H19NO3/c1-5-9(2,3)13-6-7(10)8(11)12-4/h7H,5-6,10H2,1-4H3. The summed E-state index contributed by atoms with van der Waals surface area (Å²) in [4.78, 5) is 10.9. The Balaban J connectivity index is 3.82. The van der Waals surface area contributed by atoms with Gasteiger partial charge < -0.3 is 15.2 Å². The fourth-order valence-electron chi connectivity index (χ4n) is 0.637. The van der Waals surface area contributed by atoms with Crippen molar-refractivity contribution in [1.82, 2.24) is 0 Å². The van der Waals surface area contributed by atoms with Crippen molar-refractivity contribution < 1.29 is 14.3 Å². The van der Waals surface area contributed by atoms with E-state index < -0.39 is 12.0 Å². The summed E-state index contributed by atoms with van der Waals surface area (Å²) in [7, 11) is 1.31. The van der Waals surface area contributed by atoms with Gasteiger partial charge in [-0.15, -0.1) is 0 Å². The highest BCUT2D eigenvalue weighted by molar-refractivity contribution is 5.75. The fraction of sp³-hybridized carbons (Fsp3) is 0.889. The van der Waals surface area contributed by atoms with Crippen molar-refractivity contribution in [1.29, 1.82) is 0 Å². The number of methoxy groups -OCH3 is 1. The van der Waals surface area contributed by atoms with Crippen LogP contribution in [0.25, 0.3) is 0 Å². The third-order valence-corrected chi connectivity index (χ3v) is 2.01. The number of nitrogens with two attached hydrogens (primary N) is 1. The molecule has 1 unspecified atom stereocenters. The summed E-state index contributed by atoms with van der Waals surface area (Å²) in [5, 5.41) is 0. The molecule has 0 aromatic heterocycles. The third kappa shape index (κ3) is 4.85. The Labute approximate surface area is 79.4 Å². The van der Waals surface area contributed by atoms with Gasteiger partial charge in [-0.1, -0.05) is 6.92 Å². The molecule has 0 aliphatic carbocycles.